The van der Waals surface area contributed by atoms with Crippen LogP contribution >= 0.6 is 0 Å². The zero-order valence-corrected chi connectivity index (χ0v) is 18.3. The summed E-state index contributed by atoms with van der Waals surface area (Å²) in [4.78, 5) is 16.6. The van der Waals surface area contributed by atoms with Gasteiger partial charge in [-0.2, -0.15) is 0 Å². The first-order chi connectivity index (χ1) is 15.3. The first-order valence-corrected chi connectivity index (χ1v) is 11.1. The smallest absolute Gasteiger partial charge is 0.261 e. The summed E-state index contributed by atoms with van der Waals surface area (Å²) >= 11 is 0. The van der Waals surface area contributed by atoms with Crippen molar-refractivity contribution < 1.29 is 27.1 Å². The highest BCUT2D eigenvalue weighted by Crippen LogP contribution is 2.22. The second-order valence-electron chi connectivity index (χ2n) is 6.75. The molecule has 0 radical (unpaired) electrons. The zero-order valence-electron chi connectivity index (χ0n) is 17.5. The molecule has 2 N–H and O–H groups in total. The summed E-state index contributed by atoms with van der Waals surface area (Å²) < 4.78 is 51.3. The van der Waals surface area contributed by atoms with E-state index in [-0.39, 0.29) is 28.6 Å². The van der Waals surface area contributed by atoms with E-state index in [2.05, 4.69) is 15.0 Å². The average molecular weight is 459 g/mol. The topological polar surface area (TPSA) is 107 Å². The van der Waals surface area contributed by atoms with Crippen LogP contribution in [0.3, 0.4) is 0 Å². The van der Waals surface area contributed by atoms with Gasteiger partial charge in [-0.1, -0.05) is 0 Å². The Labute approximate surface area is 185 Å². The third-order valence-corrected chi connectivity index (χ3v) is 5.76. The van der Waals surface area contributed by atoms with Crippen molar-refractivity contribution in [1.29, 1.82) is 0 Å². The van der Waals surface area contributed by atoms with Crippen LogP contribution in [-0.4, -0.2) is 39.6 Å². The Bertz CT molecular complexity index is 1200. The van der Waals surface area contributed by atoms with Gasteiger partial charge in [0.25, 0.3) is 15.9 Å². The lowest BCUT2D eigenvalue weighted by atomic mass is 10.2. The number of methoxy groups -OCH3 is 1. The lowest BCUT2D eigenvalue weighted by molar-refractivity contribution is 0.102. The zero-order chi connectivity index (χ0) is 23.1. The Balaban J connectivity index is 1.69. The molecule has 0 unspecified atom stereocenters. The maximum atomic E-state index is 13.4. The molecule has 0 atom stereocenters. The number of aryl methyl sites for hydroxylation is 1. The van der Waals surface area contributed by atoms with Crippen LogP contribution in [0.2, 0.25) is 0 Å². The van der Waals surface area contributed by atoms with Gasteiger partial charge in [0.15, 0.2) is 0 Å². The summed E-state index contributed by atoms with van der Waals surface area (Å²) in [6, 6.07) is 12.7. The van der Waals surface area contributed by atoms with Crippen LogP contribution in [-0.2, 0) is 14.8 Å². The third-order valence-electron chi connectivity index (χ3n) is 4.38. The lowest BCUT2D eigenvalue weighted by Crippen LogP contribution is -2.15. The van der Waals surface area contributed by atoms with Crippen molar-refractivity contribution in [2.24, 2.45) is 0 Å². The Kier molecular flexibility index (Phi) is 7.39. The molecule has 0 fully saturated rings. The quantitative estimate of drug-likeness (QED) is 0.474. The second-order valence-corrected chi connectivity index (χ2v) is 8.43. The molecule has 8 nitrogen and oxygen atoms in total. The predicted molar refractivity (Wildman–Crippen MR) is 118 cm³/mol. The van der Waals surface area contributed by atoms with Crippen LogP contribution in [0.25, 0.3) is 0 Å². The van der Waals surface area contributed by atoms with E-state index < -0.39 is 21.7 Å². The summed E-state index contributed by atoms with van der Waals surface area (Å²) in [6.45, 7) is 2.13. The Morgan fingerprint density at radius 2 is 1.84 bits per heavy atom. The van der Waals surface area contributed by atoms with E-state index in [1.807, 2.05) is 0 Å². The van der Waals surface area contributed by atoms with Gasteiger partial charge >= 0.3 is 0 Å². The van der Waals surface area contributed by atoms with E-state index in [0.717, 1.165) is 6.07 Å². The maximum absolute atomic E-state index is 13.4. The molecule has 0 saturated heterocycles. The van der Waals surface area contributed by atoms with Crippen molar-refractivity contribution in [3.8, 4) is 5.88 Å². The SMILES string of the molecule is COCCOc1ncccc1NC(=O)c1ccc(NS(=O)(=O)c2ccc(F)c(C)c2)cc1. The number of nitrogens with zero attached hydrogens (tertiary/aromatic N) is 1. The van der Waals surface area contributed by atoms with Gasteiger partial charge in [0.2, 0.25) is 5.88 Å². The fourth-order valence-electron chi connectivity index (χ4n) is 2.71. The monoisotopic (exact) mass is 459 g/mol. The van der Waals surface area contributed by atoms with Crippen molar-refractivity contribution in [2.75, 3.05) is 30.4 Å². The molecule has 0 aliphatic rings. The number of nitrogens with one attached hydrogen (secondary N) is 2. The van der Waals surface area contributed by atoms with Gasteiger partial charge < -0.3 is 14.8 Å². The minimum absolute atomic E-state index is 0.0594. The van der Waals surface area contributed by atoms with Crippen molar-refractivity contribution >= 4 is 27.3 Å². The number of carbonyl (C=O) groups is 1. The number of anilines is 2. The molecule has 1 amide bonds. The number of aromatic nitrogens is 1. The summed E-state index contributed by atoms with van der Waals surface area (Å²) in [5.41, 5.74) is 1.18. The highest BCUT2D eigenvalue weighted by atomic mass is 32.2. The fourth-order valence-corrected chi connectivity index (χ4v) is 3.85. The van der Waals surface area contributed by atoms with E-state index in [0.29, 0.717) is 17.9 Å². The number of carbonyl (C=O) groups excluding carboxylic acids is 1. The minimum atomic E-state index is -3.90. The van der Waals surface area contributed by atoms with Crippen LogP contribution in [0, 0.1) is 12.7 Å². The van der Waals surface area contributed by atoms with Gasteiger partial charge in [-0.3, -0.25) is 9.52 Å². The highest BCUT2D eigenvalue weighted by molar-refractivity contribution is 7.92. The number of hydrogen-bond acceptors (Lipinski definition) is 6. The molecule has 10 heteroatoms. The number of pyridine rings is 1. The van der Waals surface area contributed by atoms with Crippen LogP contribution in [0.1, 0.15) is 15.9 Å². The number of benzene rings is 2. The largest absolute Gasteiger partial charge is 0.474 e. The van der Waals surface area contributed by atoms with Gasteiger partial charge in [0, 0.05) is 24.6 Å². The molecular formula is C22H22FN3O5S. The van der Waals surface area contributed by atoms with E-state index in [9.17, 15) is 17.6 Å². The predicted octanol–water partition coefficient (Wildman–Crippen LogP) is 3.61. The van der Waals surface area contributed by atoms with Crippen molar-refractivity contribution in [3.63, 3.8) is 0 Å². The number of sulfonamides is 1. The number of amides is 1. The van der Waals surface area contributed by atoms with Crippen molar-refractivity contribution in [1.82, 2.24) is 4.98 Å². The van der Waals surface area contributed by atoms with Gasteiger partial charge in [0.05, 0.1) is 11.5 Å². The van der Waals surface area contributed by atoms with Crippen molar-refractivity contribution in [2.45, 2.75) is 11.8 Å². The van der Waals surface area contributed by atoms with Crippen LogP contribution in [0.15, 0.2) is 65.7 Å². The summed E-state index contributed by atoms with van der Waals surface area (Å²) in [7, 11) is -2.35. The minimum Gasteiger partial charge on any atom is -0.474 e. The van der Waals surface area contributed by atoms with Crippen molar-refractivity contribution in [3.05, 3.63) is 77.7 Å². The molecule has 0 aliphatic heterocycles. The first-order valence-electron chi connectivity index (χ1n) is 9.57. The molecule has 32 heavy (non-hydrogen) atoms. The molecule has 2 aromatic carbocycles. The van der Waals surface area contributed by atoms with Gasteiger partial charge in [-0.05, 0) is 67.1 Å². The Morgan fingerprint density at radius 1 is 1.09 bits per heavy atom. The Morgan fingerprint density at radius 3 is 2.53 bits per heavy atom. The molecule has 0 aliphatic carbocycles. The third kappa shape index (κ3) is 5.80. The second kappa shape index (κ2) is 10.2. The van der Waals surface area contributed by atoms with Gasteiger partial charge in [-0.25, -0.2) is 17.8 Å². The molecular weight excluding hydrogens is 437 g/mol. The fraction of sp³-hybridized carbons (Fsp3) is 0.182. The number of rotatable bonds is 9. The van der Waals surface area contributed by atoms with Crippen LogP contribution in [0.5, 0.6) is 5.88 Å². The van der Waals surface area contributed by atoms with E-state index >= 15 is 0 Å². The van der Waals surface area contributed by atoms with Crippen LogP contribution in [0.4, 0.5) is 15.8 Å². The summed E-state index contributed by atoms with van der Waals surface area (Å²) in [6.07, 6.45) is 1.54. The standard InChI is InChI=1S/C22H22FN3O5S/c1-15-14-18(9-10-19(15)23)32(28,29)26-17-7-5-16(6-8-17)21(27)25-20-4-3-11-24-22(20)31-13-12-30-2/h3-11,14,26H,12-13H2,1-2H3,(H,25,27). The molecule has 1 heterocycles. The summed E-state index contributed by atoms with van der Waals surface area (Å²) in [5, 5.41) is 2.72. The Hall–Kier alpha value is -3.50. The molecule has 0 spiro atoms. The van der Waals surface area contributed by atoms with Gasteiger partial charge in [0.1, 0.15) is 18.1 Å². The van der Waals surface area contributed by atoms with E-state index in [1.54, 1.807) is 25.4 Å². The van der Waals surface area contributed by atoms with Crippen LogP contribution < -0.4 is 14.8 Å². The molecule has 3 aromatic rings. The number of hydrogen-bond donors (Lipinski definition) is 2. The normalized spacial score (nSPS) is 11.1. The summed E-state index contributed by atoms with van der Waals surface area (Å²) in [5.74, 6) is -0.643. The molecule has 168 valence electrons. The molecule has 0 bridgehead atoms. The maximum Gasteiger partial charge on any atom is 0.261 e. The van der Waals surface area contributed by atoms with Gasteiger partial charge in [-0.15, -0.1) is 0 Å². The number of ether oxygens (including phenoxy) is 2. The highest BCUT2D eigenvalue weighted by Gasteiger charge is 2.16. The molecule has 1 aromatic heterocycles. The number of halogens is 1. The van der Waals surface area contributed by atoms with E-state index in [4.69, 9.17) is 9.47 Å². The molecule has 3 rings (SSSR count). The first kappa shape index (κ1) is 23.2. The lowest BCUT2D eigenvalue weighted by Gasteiger charge is -2.12. The van der Waals surface area contributed by atoms with E-state index in [1.165, 1.54) is 43.3 Å². The average Bonchev–Trinajstić information content (AvgIpc) is 2.77. The molecule has 0 saturated carbocycles.